The standard InChI is InChI=1S/C12H14BrClFNO/c13-10-6-8(15)7-11(14)12(10)16-9-2-1-4-17-5-3-9/h6-7,9,16H,1-5H2. The molecule has 1 aromatic rings. The molecule has 2 nitrogen and oxygen atoms in total. The molecule has 17 heavy (non-hydrogen) atoms. The van der Waals surface area contributed by atoms with Crippen LogP contribution in [0, 0.1) is 5.82 Å². The summed E-state index contributed by atoms with van der Waals surface area (Å²) in [4.78, 5) is 0. The predicted molar refractivity (Wildman–Crippen MR) is 71.2 cm³/mol. The van der Waals surface area contributed by atoms with Gasteiger partial charge in [-0.3, -0.25) is 0 Å². The van der Waals surface area contributed by atoms with E-state index in [0.717, 1.165) is 38.2 Å². The monoisotopic (exact) mass is 321 g/mol. The SMILES string of the molecule is Fc1cc(Cl)c(NC2CCCOCC2)c(Br)c1. The quantitative estimate of drug-likeness (QED) is 0.880. The minimum Gasteiger partial charge on any atom is -0.381 e. The lowest BCUT2D eigenvalue weighted by Crippen LogP contribution is -2.20. The van der Waals surface area contributed by atoms with Gasteiger partial charge < -0.3 is 10.1 Å². The van der Waals surface area contributed by atoms with Gasteiger partial charge in [-0.15, -0.1) is 0 Å². The van der Waals surface area contributed by atoms with Gasteiger partial charge in [0.1, 0.15) is 5.82 Å². The second-order valence-electron chi connectivity index (χ2n) is 4.13. The summed E-state index contributed by atoms with van der Waals surface area (Å²) in [6.45, 7) is 1.57. The van der Waals surface area contributed by atoms with Gasteiger partial charge in [-0.2, -0.15) is 0 Å². The fourth-order valence-electron chi connectivity index (χ4n) is 1.93. The molecule has 94 valence electrons. The summed E-state index contributed by atoms with van der Waals surface area (Å²) in [5.41, 5.74) is 0.764. The van der Waals surface area contributed by atoms with Crippen LogP contribution >= 0.6 is 27.5 Å². The van der Waals surface area contributed by atoms with Gasteiger partial charge in [-0.05, 0) is 47.3 Å². The summed E-state index contributed by atoms with van der Waals surface area (Å²) in [6.07, 6.45) is 3.02. The highest BCUT2D eigenvalue weighted by atomic mass is 79.9. The molecule has 2 rings (SSSR count). The Labute approximate surface area is 114 Å². The fraction of sp³-hybridized carbons (Fsp3) is 0.500. The first-order valence-corrected chi connectivity index (χ1v) is 6.83. The number of halogens is 3. The molecule has 1 N–H and O–H groups in total. The number of ether oxygens (including phenoxy) is 1. The summed E-state index contributed by atoms with van der Waals surface area (Å²) in [5.74, 6) is -0.336. The topological polar surface area (TPSA) is 21.3 Å². The maximum atomic E-state index is 13.1. The first-order chi connectivity index (χ1) is 8.16. The van der Waals surface area contributed by atoms with E-state index in [1.807, 2.05) is 0 Å². The summed E-state index contributed by atoms with van der Waals surface area (Å²) < 4.78 is 19.1. The van der Waals surface area contributed by atoms with Crippen molar-refractivity contribution in [3.05, 3.63) is 27.4 Å². The molecule has 1 atom stereocenters. The normalized spacial score (nSPS) is 21.0. The summed E-state index contributed by atoms with van der Waals surface area (Å²) in [7, 11) is 0. The van der Waals surface area contributed by atoms with E-state index in [-0.39, 0.29) is 5.82 Å². The zero-order chi connectivity index (χ0) is 12.3. The van der Waals surface area contributed by atoms with E-state index >= 15 is 0 Å². The first-order valence-electron chi connectivity index (χ1n) is 5.65. The number of hydrogen-bond donors (Lipinski definition) is 1. The van der Waals surface area contributed by atoms with Gasteiger partial charge in [0.15, 0.2) is 0 Å². The van der Waals surface area contributed by atoms with Gasteiger partial charge in [0.2, 0.25) is 0 Å². The van der Waals surface area contributed by atoms with Crippen molar-refractivity contribution in [2.45, 2.75) is 25.3 Å². The van der Waals surface area contributed by atoms with Crippen LogP contribution < -0.4 is 5.32 Å². The lowest BCUT2D eigenvalue weighted by atomic mass is 10.1. The lowest BCUT2D eigenvalue weighted by Gasteiger charge is -2.19. The van der Waals surface area contributed by atoms with Crippen LogP contribution in [0.25, 0.3) is 0 Å². The smallest absolute Gasteiger partial charge is 0.125 e. The Morgan fingerprint density at radius 2 is 2.18 bits per heavy atom. The van der Waals surface area contributed by atoms with E-state index in [1.54, 1.807) is 0 Å². The molecule has 1 aliphatic rings. The fourth-order valence-corrected chi connectivity index (χ4v) is 2.85. The molecule has 0 radical (unpaired) electrons. The van der Waals surface area contributed by atoms with Crippen LogP contribution in [0.2, 0.25) is 5.02 Å². The van der Waals surface area contributed by atoms with Gasteiger partial charge in [-0.1, -0.05) is 11.6 Å². The maximum absolute atomic E-state index is 13.1. The van der Waals surface area contributed by atoms with Crippen LogP contribution in [0.1, 0.15) is 19.3 Å². The molecule has 0 spiro atoms. The third-order valence-electron chi connectivity index (χ3n) is 2.81. The second kappa shape index (κ2) is 6.03. The van der Waals surface area contributed by atoms with Crippen molar-refractivity contribution in [3.8, 4) is 0 Å². The van der Waals surface area contributed by atoms with Crippen molar-refractivity contribution < 1.29 is 9.13 Å². The molecule has 1 aliphatic heterocycles. The van der Waals surface area contributed by atoms with Crippen molar-refractivity contribution >= 4 is 33.2 Å². The van der Waals surface area contributed by atoms with Crippen molar-refractivity contribution in [2.75, 3.05) is 18.5 Å². The Morgan fingerprint density at radius 1 is 1.35 bits per heavy atom. The average Bonchev–Trinajstić information content (AvgIpc) is 2.51. The van der Waals surface area contributed by atoms with Crippen molar-refractivity contribution in [1.29, 1.82) is 0 Å². The van der Waals surface area contributed by atoms with Crippen LogP contribution in [0.15, 0.2) is 16.6 Å². The van der Waals surface area contributed by atoms with Crippen LogP contribution in [0.5, 0.6) is 0 Å². The average molecular weight is 323 g/mol. The van der Waals surface area contributed by atoms with Crippen molar-refractivity contribution in [2.24, 2.45) is 0 Å². The molecule has 1 fully saturated rings. The summed E-state index contributed by atoms with van der Waals surface area (Å²) in [5, 5.41) is 3.76. The van der Waals surface area contributed by atoms with Gasteiger partial charge in [0, 0.05) is 23.7 Å². The molecule has 5 heteroatoms. The molecule has 1 unspecified atom stereocenters. The molecule has 1 saturated heterocycles. The molecular formula is C12H14BrClFNO. The zero-order valence-electron chi connectivity index (χ0n) is 9.31. The van der Waals surface area contributed by atoms with Crippen LogP contribution in [0.3, 0.4) is 0 Å². The maximum Gasteiger partial charge on any atom is 0.125 e. The molecule has 0 bridgehead atoms. The van der Waals surface area contributed by atoms with E-state index < -0.39 is 0 Å². The highest BCUT2D eigenvalue weighted by Crippen LogP contribution is 2.33. The van der Waals surface area contributed by atoms with E-state index in [1.165, 1.54) is 12.1 Å². The third-order valence-corrected chi connectivity index (χ3v) is 3.73. The molecule has 0 aliphatic carbocycles. The Morgan fingerprint density at radius 3 is 2.94 bits per heavy atom. The molecule has 0 amide bonds. The van der Waals surface area contributed by atoms with Gasteiger partial charge >= 0.3 is 0 Å². The van der Waals surface area contributed by atoms with Crippen molar-refractivity contribution in [1.82, 2.24) is 0 Å². The molecule has 0 saturated carbocycles. The molecule has 1 heterocycles. The first kappa shape index (κ1) is 13.1. The van der Waals surface area contributed by atoms with Crippen LogP contribution in [0.4, 0.5) is 10.1 Å². The molecular weight excluding hydrogens is 308 g/mol. The largest absolute Gasteiger partial charge is 0.381 e. The number of nitrogens with one attached hydrogen (secondary N) is 1. The zero-order valence-corrected chi connectivity index (χ0v) is 11.7. The Hall–Kier alpha value is -0.320. The van der Waals surface area contributed by atoms with E-state index in [2.05, 4.69) is 21.2 Å². The third kappa shape index (κ3) is 3.57. The Kier molecular flexibility index (Phi) is 4.65. The highest BCUT2D eigenvalue weighted by molar-refractivity contribution is 9.10. The van der Waals surface area contributed by atoms with E-state index in [9.17, 15) is 4.39 Å². The van der Waals surface area contributed by atoms with E-state index in [0.29, 0.717) is 15.5 Å². The number of anilines is 1. The molecule has 0 aromatic heterocycles. The number of benzene rings is 1. The van der Waals surface area contributed by atoms with Gasteiger partial charge in [0.25, 0.3) is 0 Å². The summed E-state index contributed by atoms with van der Waals surface area (Å²) >= 11 is 9.36. The number of hydrogen-bond acceptors (Lipinski definition) is 2. The lowest BCUT2D eigenvalue weighted by molar-refractivity contribution is 0.144. The van der Waals surface area contributed by atoms with E-state index in [4.69, 9.17) is 16.3 Å². The minimum absolute atomic E-state index is 0.330. The predicted octanol–water partition coefficient (Wildman–Crippen LogP) is 4.22. The minimum atomic E-state index is -0.336. The van der Waals surface area contributed by atoms with Gasteiger partial charge in [0.05, 0.1) is 10.7 Å². The molecule has 1 aromatic carbocycles. The Balaban J connectivity index is 2.11. The van der Waals surface area contributed by atoms with Gasteiger partial charge in [-0.25, -0.2) is 4.39 Å². The second-order valence-corrected chi connectivity index (χ2v) is 5.39. The number of rotatable bonds is 2. The van der Waals surface area contributed by atoms with Crippen molar-refractivity contribution in [3.63, 3.8) is 0 Å². The van der Waals surface area contributed by atoms with Crippen LogP contribution in [-0.4, -0.2) is 19.3 Å². The summed E-state index contributed by atoms with van der Waals surface area (Å²) in [6, 6.07) is 3.07. The highest BCUT2D eigenvalue weighted by Gasteiger charge is 2.15. The van der Waals surface area contributed by atoms with Crippen LogP contribution in [-0.2, 0) is 4.74 Å². The Bertz CT molecular complexity index is 371.